The SMILES string of the molecule is CCn1cc(C)nc1-c1ccc(Cn2ncc3cnc(-c4c(OC)cnn4C4CC4)nc32)cc1. The van der Waals surface area contributed by atoms with Crippen molar-refractivity contribution in [2.45, 2.75) is 45.8 Å². The van der Waals surface area contributed by atoms with Crippen LogP contribution in [0.25, 0.3) is 33.9 Å². The van der Waals surface area contributed by atoms with Gasteiger partial charge in [0.15, 0.2) is 17.2 Å². The summed E-state index contributed by atoms with van der Waals surface area (Å²) in [6, 6.07) is 8.89. The summed E-state index contributed by atoms with van der Waals surface area (Å²) in [4.78, 5) is 14.2. The number of fused-ring (bicyclic) bond motifs is 1. The van der Waals surface area contributed by atoms with E-state index in [4.69, 9.17) is 9.72 Å². The molecule has 0 spiro atoms. The average molecular weight is 455 g/mol. The number of ether oxygens (including phenoxy) is 1. The van der Waals surface area contributed by atoms with E-state index in [1.165, 1.54) is 0 Å². The zero-order valence-corrected chi connectivity index (χ0v) is 19.5. The zero-order chi connectivity index (χ0) is 23.2. The molecule has 6 rings (SSSR count). The lowest BCUT2D eigenvalue weighted by molar-refractivity contribution is 0.415. The maximum Gasteiger partial charge on any atom is 0.183 e. The van der Waals surface area contributed by atoms with Crippen molar-refractivity contribution in [1.29, 1.82) is 0 Å². The maximum atomic E-state index is 5.55. The molecule has 172 valence electrons. The van der Waals surface area contributed by atoms with Crippen molar-refractivity contribution in [2.75, 3.05) is 7.11 Å². The van der Waals surface area contributed by atoms with Crippen LogP contribution in [-0.2, 0) is 13.1 Å². The molecule has 0 bridgehead atoms. The molecule has 0 N–H and O–H groups in total. The summed E-state index contributed by atoms with van der Waals surface area (Å²) in [5.74, 6) is 2.29. The summed E-state index contributed by atoms with van der Waals surface area (Å²) in [6.07, 6.45) is 9.69. The second kappa shape index (κ2) is 8.09. The number of imidazole rings is 1. The summed E-state index contributed by atoms with van der Waals surface area (Å²) >= 11 is 0. The van der Waals surface area contributed by atoms with Crippen LogP contribution in [0.2, 0.25) is 0 Å². The number of rotatable bonds is 7. The zero-order valence-electron chi connectivity index (χ0n) is 19.5. The number of aromatic nitrogens is 8. The molecule has 5 aromatic rings. The summed E-state index contributed by atoms with van der Waals surface area (Å²) in [7, 11) is 1.65. The molecule has 0 amide bonds. The van der Waals surface area contributed by atoms with Crippen LogP contribution in [0.1, 0.15) is 37.1 Å². The molecule has 4 heterocycles. The van der Waals surface area contributed by atoms with E-state index in [1.54, 1.807) is 13.3 Å². The third kappa shape index (κ3) is 3.53. The summed E-state index contributed by atoms with van der Waals surface area (Å²) < 4.78 is 11.6. The molecular weight excluding hydrogens is 428 g/mol. The van der Waals surface area contributed by atoms with Gasteiger partial charge in [-0.25, -0.2) is 19.6 Å². The van der Waals surface area contributed by atoms with Crippen molar-refractivity contribution < 1.29 is 4.74 Å². The highest BCUT2D eigenvalue weighted by Gasteiger charge is 2.30. The number of hydrogen-bond acceptors (Lipinski definition) is 6. The summed E-state index contributed by atoms with van der Waals surface area (Å²) in [5, 5.41) is 9.99. The number of nitrogens with zero attached hydrogens (tertiary/aromatic N) is 8. The van der Waals surface area contributed by atoms with Gasteiger partial charge in [0, 0.05) is 24.5 Å². The van der Waals surface area contributed by atoms with Crippen molar-refractivity contribution >= 4 is 11.0 Å². The van der Waals surface area contributed by atoms with Crippen LogP contribution in [0.5, 0.6) is 5.75 Å². The van der Waals surface area contributed by atoms with E-state index in [1.807, 2.05) is 28.7 Å². The lowest BCUT2D eigenvalue weighted by Crippen LogP contribution is -2.06. The van der Waals surface area contributed by atoms with Gasteiger partial charge in [-0.1, -0.05) is 24.3 Å². The van der Waals surface area contributed by atoms with Crippen molar-refractivity contribution in [3.8, 4) is 28.7 Å². The predicted molar refractivity (Wildman–Crippen MR) is 129 cm³/mol. The fraction of sp³-hybridized carbons (Fsp3) is 0.320. The molecular formula is C25H26N8O. The van der Waals surface area contributed by atoms with E-state index in [9.17, 15) is 0 Å². The van der Waals surface area contributed by atoms with E-state index < -0.39 is 0 Å². The Bertz CT molecular complexity index is 1470. The van der Waals surface area contributed by atoms with E-state index >= 15 is 0 Å². The maximum absolute atomic E-state index is 5.55. The van der Waals surface area contributed by atoms with Crippen LogP contribution in [-0.4, -0.2) is 46.2 Å². The Morgan fingerprint density at radius 1 is 1.03 bits per heavy atom. The highest BCUT2D eigenvalue weighted by atomic mass is 16.5. The minimum absolute atomic E-state index is 0.397. The van der Waals surface area contributed by atoms with E-state index in [0.717, 1.165) is 58.8 Å². The van der Waals surface area contributed by atoms with E-state index in [-0.39, 0.29) is 0 Å². The van der Waals surface area contributed by atoms with Gasteiger partial charge in [-0.05, 0) is 32.3 Å². The van der Waals surface area contributed by atoms with Crippen molar-refractivity contribution in [2.24, 2.45) is 0 Å². The standard InChI is InChI=1S/C25H26N8O/c1-4-31-14-16(2)29-24(31)18-7-5-17(6-8-18)15-32-25-19(12-27-32)11-26-23(30-25)22-21(34-3)13-28-33(22)20-9-10-20/h5-8,11-14,20H,4,9-10,15H2,1-3H3. The molecule has 1 aliphatic carbocycles. The van der Waals surface area contributed by atoms with Crippen LogP contribution in [0.3, 0.4) is 0 Å². The molecule has 4 aromatic heterocycles. The van der Waals surface area contributed by atoms with Gasteiger partial charge in [-0.2, -0.15) is 10.2 Å². The topological polar surface area (TPSA) is 88.5 Å². The quantitative estimate of drug-likeness (QED) is 0.365. The molecule has 0 atom stereocenters. The molecule has 0 saturated heterocycles. The first-order valence-corrected chi connectivity index (χ1v) is 11.6. The molecule has 9 heteroatoms. The first-order valence-electron chi connectivity index (χ1n) is 11.6. The van der Waals surface area contributed by atoms with Gasteiger partial charge in [0.25, 0.3) is 0 Å². The van der Waals surface area contributed by atoms with Crippen molar-refractivity contribution in [3.63, 3.8) is 0 Å². The molecule has 0 aliphatic heterocycles. The van der Waals surface area contributed by atoms with Gasteiger partial charge in [0.2, 0.25) is 0 Å². The minimum atomic E-state index is 0.397. The molecule has 1 aromatic carbocycles. The largest absolute Gasteiger partial charge is 0.493 e. The Hall–Kier alpha value is -4.01. The monoisotopic (exact) mass is 454 g/mol. The third-order valence-corrected chi connectivity index (χ3v) is 6.25. The Balaban J connectivity index is 1.32. The molecule has 34 heavy (non-hydrogen) atoms. The van der Waals surface area contributed by atoms with Gasteiger partial charge < -0.3 is 9.30 Å². The molecule has 0 radical (unpaired) electrons. The van der Waals surface area contributed by atoms with E-state index in [0.29, 0.717) is 24.2 Å². The fourth-order valence-corrected chi connectivity index (χ4v) is 4.35. The second-order valence-corrected chi connectivity index (χ2v) is 8.70. The third-order valence-electron chi connectivity index (χ3n) is 6.25. The van der Waals surface area contributed by atoms with Crippen molar-refractivity contribution in [3.05, 3.63) is 60.3 Å². The molecule has 1 saturated carbocycles. The number of benzene rings is 1. The molecule has 1 aliphatic rings. The Kier molecular flexibility index (Phi) is 4.90. The van der Waals surface area contributed by atoms with Gasteiger partial charge in [-0.15, -0.1) is 0 Å². The minimum Gasteiger partial charge on any atom is -0.493 e. The van der Waals surface area contributed by atoms with Crippen LogP contribution in [0, 0.1) is 6.92 Å². The average Bonchev–Trinajstić information content (AvgIpc) is 3.32. The van der Waals surface area contributed by atoms with Crippen LogP contribution in [0.4, 0.5) is 0 Å². The van der Waals surface area contributed by atoms with Gasteiger partial charge in [0.1, 0.15) is 11.5 Å². The molecule has 0 unspecified atom stereocenters. The fourth-order valence-electron chi connectivity index (χ4n) is 4.35. The van der Waals surface area contributed by atoms with Crippen LogP contribution >= 0.6 is 0 Å². The normalized spacial score (nSPS) is 13.6. The number of aryl methyl sites for hydroxylation is 2. The Morgan fingerprint density at radius 2 is 1.85 bits per heavy atom. The van der Waals surface area contributed by atoms with Gasteiger partial charge in [-0.3, -0.25) is 4.68 Å². The number of methoxy groups -OCH3 is 1. The number of hydrogen-bond donors (Lipinski definition) is 0. The Morgan fingerprint density at radius 3 is 2.59 bits per heavy atom. The first-order chi connectivity index (χ1) is 16.6. The first kappa shape index (κ1) is 20.6. The van der Waals surface area contributed by atoms with Crippen LogP contribution in [0.15, 0.2) is 49.1 Å². The summed E-state index contributed by atoms with van der Waals surface area (Å²) in [6.45, 7) is 5.66. The summed E-state index contributed by atoms with van der Waals surface area (Å²) in [5.41, 5.74) is 4.89. The highest BCUT2D eigenvalue weighted by molar-refractivity contribution is 5.76. The molecule has 9 nitrogen and oxygen atoms in total. The van der Waals surface area contributed by atoms with Crippen molar-refractivity contribution in [1.82, 2.24) is 39.1 Å². The lowest BCUT2D eigenvalue weighted by atomic mass is 10.1. The highest BCUT2D eigenvalue weighted by Crippen LogP contribution is 2.40. The second-order valence-electron chi connectivity index (χ2n) is 8.70. The van der Waals surface area contributed by atoms with E-state index in [2.05, 4.69) is 62.1 Å². The smallest absolute Gasteiger partial charge is 0.183 e. The Labute approximate surface area is 197 Å². The van der Waals surface area contributed by atoms with Gasteiger partial charge >= 0.3 is 0 Å². The van der Waals surface area contributed by atoms with Gasteiger partial charge in [0.05, 0.1) is 43.2 Å². The predicted octanol–water partition coefficient (Wildman–Crippen LogP) is 4.27. The molecule has 1 fully saturated rings. The van der Waals surface area contributed by atoms with Crippen LogP contribution < -0.4 is 4.74 Å². The lowest BCUT2D eigenvalue weighted by Gasteiger charge is -2.09.